The normalized spacial score (nSPS) is 17.9. The van der Waals surface area contributed by atoms with Gasteiger partial charge in [0.25, 0.3) is 0 Å². The van der Waals surface area contributed by atoms with Gasteiger partial charge in [-0.25, -0.2) is 0 Å². The highest BCUT2D eigenvalue weighted by molar-refractivity contribution is 7.09. The number of nitrogens with zero attached hydrogens (tertiary/aromatic N) is 1. The van der Waals surface area contributed by atoms with Crippen LogP contribution < -0.4 is 5.73 Å². The van der Waals surface area contributed by atoms with Crippen molar-refractivity contribution in [1.82, 2.24) is 4.90 Å². The molecule has 17 heavy (non-hydrogen) atoms. The molecule has 1 aromatic heterocycles. The van der Waals surface area contributed by atoms with Crippen molar-refractivity contribution in [2.45, 2.75) is 51.7 Å². The highest BCUT2D eigenvalue weighted by atomic mass is 32.1. The predicted octanol–water partition coefficient (Wildman–Crippen LogP) is 3.09. The summed E-state index contributed by atoms with van der Waals surface area (Å²) < 4.78 is 0. The molecule has 1 aliphatic rings. The Kier molecular flexibility index (Phi) is 4.60. The third-order valence-electron chi connectivity index (χ3n) is 3.42. The first-order chi connectivity index (χ1) is 8.20. The molecule has 2 nitrogen and oxygen atoms in total. The fourth-order valence-electron chi connectivity index (χ4n) is 2.46. The highest BCUT2D eigenvalue weighted by Crippen LogP contribution is 2.32. The summed E-state index contributed by atoms with van der Waals surface area (Å²) in [6.07, 6.45) is 3.94. The number of nitrogens with two attached hydrogens (primary N) is 1. The second kappa shape index (κ2) is 5.98. The summed E-state index contributed by atoms with van der Waals surface area (Å²) in [6.45, 7) is 6.47. The Morgan fingerprint density at radius 3 is 2.71 bits per heavy atom. The van der Waals surface area contributed by atoms with Gasteiger partial charge in [0.15, 0.2) is 0 Å². The molecule has 3 heteroatoms. The number of hydrogen-bond donors (Lipinski definition) is 1. The van der Waals surface area contributed by atoms with Gasteiger partial charge in [-0.3, -0.25) is 4.90 Å². The number of rotatable bonds is 7. The van der Waals surface area contributed by atoms with Crippen LogP contribution in [0.3, 0.4) is 0 Å². The molecule has 0 amide bonds. The summed E-state index contributed by atoms with van der Waals surface area (Å²) in [5, 5.41) is 2.17. The smallest absolute Gasteiger partial charge is 0.0334 e. The summed E-state index contributed by atoms with van der Waals surface area (Å²) in [4.78, 5) is 4.12. The maximum atomic E-state index is 5.98. The molecule has 0 aliphatic heterocycles. The Bertz CT molecular complexity index is 317. The number of hydrogen-bond acceptors (Lipinski definition) is 3. The van der Waals surface area contributed by atoms with E-state index in [0.717, 1.165) is 25.0 Å². The predicted molar refractivity (Wildman–Crippen MR) is 75.2 cm³/mol. The maximum Gasteiger partial charge on any atom is 0.0334 e. The van der Waals surface area contributed by atoms with Gasteiger partial charge in [-0.05, 0) is 36.6 Å². The average Bonchev–Trinajstić information content (AvgIpc) is 3.01. The van der Waals surface area contributed by atoms with Crippen LogP contribution in [0, 0.1) is 5.92 Å². The standard InChI is InChI=1S/C14H24N2S/c1-11(2)8-13(9-15)16(12-5-6-12)10-14-4-3-7-17-14/h3-4,7,11-13H,5-6,8-10,15H2,1-2H3. The van der Waals surface area contributed by atoms with Crippen LogP contribution >= 0.6 is 11.3 Å². The summed E-state index contributed by atoms with van der Waals surface area (Å²) in [7, 11) is 0. The Labute approximate surface area is 109 Å². The molecule has 1 unspecified atom stereocenters. The quantitative estimate of drug-likeness (QED) is 0.808. The minimum absolute atomic E-state index is 0.560. The van der Waals surface area contributed by atoms with Crippen molar-refractivity contribution in [2.75, 3.05) is 6.54 Å². The van der Waals surface area contributed by atoms with Gasteiger partial charge < -0.3 is 5.73 Å². The maximum absolute atomic E-state index is 5.98. The Morgan fingerprint density at radius 2 is 2.24 bits per heavy atom. The van der Waals surface area contributed by atoms with Crippen molar-refractivity contribution < 1.29 is 0 Å². The van der Waals surface area contributed by atoms with Gasteiger partial charge in [0.2, 0.25) is 0 Å². The summed E-state index contributed by atoms with van der Waals surface area (Å²) in [5.41, 5.74) is 5.98. The van der Waals surface area contributed by atoms with Crippen molar-refractivity contribution in [1.29, 1.82) is 0 Å². The molecule has 0 spiro atoms. The van der Waals surface area contributed by atoms with E-state index in [9.17, 15) is 0 Å². The zero-order valence-corrected chi connectivity index (χ0v) is 11.7. The minimum Gasteiger partial charge on any atom is -0.329 e. The lowest BCUT2D eigenvalue weighted by Gasteiger charge is -2.31. The molecule has 1 saturated carbocycles. The molecule has 0 aromatic carbocycles. The summed E-state index contributed by atoms with van der Waals surface area (Å²) >= 11 is 1.86. The van der Waals surface area contributed by atoms with Crippen LogP contribution in [0.4, 0.5) is 0 Å². The van der Waals surface area contributed by atoms with Gasteiger partial charge in [0.05, 0.1) is 0 Å². The molecule has 0 saturated heterocycles. The topological polar surface area (TPSA) is 29.3 Å². The lowest BCUT2D eigenvalue weighted by atomic mass is 10.0. The van der Waals surface area contributed by atoms with E-state index in [4.69, 9.17) is 5.73 Å². The van der Waals surface area contributed by atoms with Crippen molar-refractivity contribution in [3.63, 3.8) is 0 Å². The first-order valence-corrected chi connectivity index (χ1v) is 7.57. The monoisotopic (exact) mass is 252 g/mol. The zero-order chi connectivity index (χ0) is 12.3. The van der Waals surface area contributed by atoms with Crippen LogP contribution in [0.5, 0.6) is 0 Å². The van der Waals surface area contributed by atoms with Gasteiger partial charge in [-0.15, -0.1) is 11.3 Å². The SMILES string of the molecule is CC(C)CC(CN)N(Cc1cccs1)C1CC1. The molecule has 1 heterocycles. The van der Waals surface area contributed by atoms with Gasteiger partial charge in [-0.2, -0.15) is 0 Å². The van der Waals surface area contributed by atoms with E-state index in [1.807, 2.05) is 11.3 Å². The molecule has 96 valence electrons. The summed E-state index contributed by atoms with van der Waals surface area (Å²) in [5.74, 6) is 0.730. The van der Waals surface area contributed by atoms with Crippen LogP contribution in [0.2, 0.25) is 0 Å². The third kappa shape index (κ3) is 3.80. The van der Waals surface area contributed by atoms with Gasteiger partial charge in [0, 0.05) is 30.1 Å². The first-order valence-electron chi connectivity index (χ1n) is 6.69. The lowest BCUT2D eigenvalue weighted by Crippen LogP contribution is -2.42. The fraction of sp³-hybridized carbons (Fsp3) is 0.714. The van der Waals surface area contributed by atoms with E-state index in [-0.39, 0.29) is 0 Å². The van der Waals surface area contributed by atoms with Crippen molar-refractivity contribution >= 4 is 11.3 Å². The number of thiophene rings is 1. The van der Waals surface area contributed by atoms with E-state index in [0.29, 0.717) is 6.04 Å². The van der Waals surface area contributed by atoms with Gasteiger partial charge >= 0.3 is 0 Å². The minimum atomic E-state index is 0.560. The van der Waals surface area contributed by atoms with Gasteiger partial charge in [0.1, 0.15) is 0 Å². The molecule has 1 aliphatic carbocycles. The van der Waals surface area contributed by atoms with Crippen molar-refractivity contribution in [2.24, 2.45) is 11.7 Å². The first kappa shape index (κ1) is 13.1. The highest BCUT2D eigenvalue weighted by Gasteiger charge is 2.33. The van der Waals surface area contributed by atoms with Crippen LogP contribution in [0.15, 0.2) is 17.5 Å². The van der Waals surface area contributed by atoms with E-state index >= 15 is 0 Å². The van der Waals surface area contributed by atoms with E-state index in [1.54, 1.807) is 0 Å². The van der Waals surface area contributed by atoms with Crippen LogP contribution in [0.1, 0.15) is 38.0 Å². The summed E-state index contributed by atoms with van der Waals surface area (Å²) in [6, 6.07) is 5.74. The molecule has 1 aromatic rings. The zero-order valence-electron chi connectivity index (χ0n) is 10.9. The molecule has 1 atom stereocenters. The van der Waals surface area contributed by atoms with Crippen LogP contribution in [-0.4, -0.2) is 23.5 Å². The van der Waals surface area contributed by atoms with E-state index in [2.05, 4.69) is 36.3 Å². The van der Waals surface area contributed by atoms with Crippen LogP contribution in [0.25, 0.3) is 0 Å². The second-order valence-corrected chi connectivity index (χ2v) is 6.53. The molecule has 2 N–H and O–H groups in total. The van der Waals surface area contributed by atoms with E-state index in [1.165, 1.54) is 24.1 Å². The Morgan fingerprint density at radius 1 is 1.47 bits per heavy atom. The molecular weight excluding hydrogens is 228 g/mol. The molecule has 0 radical (unpaired) electrons. The van der Waals surface area contributed by atoms with Crippen molar-refractivity contribution in [3.05, 3.63) is 22.4 Å². The molecule has 2 rings (SSSR count). The molecule has 0 bridgehead atoms. The third-order valence-corrected chi connectivity index (χ3v) is 4.28. The van der Waals surface area contributed by atoms with Gasteiger partial charge in [-0.1, -0.05) is 19.9 Å². The Hall–Kier alpha value is -0.380. The second-order valence-electron chi connectivity index (χ2n) is 5.50. The average molecular weight is 252 g/mol. The molecular formula is C14H24N2S. The lowest BCUT2D eigenvalue weighted by molar-refractivity contribution is 0.161. The van der Waals surface area contributed by atoms with E-state index < -0.39 is 0 Å². The largest absolute Gasteiger partial charge is 0.329 e. The van der Waals surface area contributed by atoms with Crippen molar-refractivity contribution in [3.8, 4) is 0 Å². The molecule has 1 fully saturated rings. The van der Waals surface area contributed by atoms with Crippen LogP contribution in [-0.2, 0) is 6.54 Å². The Balaban J connectivity index is 1.99. The fourth-order valence-corrected chi connectivity index (χ4v) is 3.17.